The zero-order chi connectivity index (χ0) is 13.2. The first-order valence-electron chi connectivity index (χ1n) is 6.03. The quantitative estimate of drug-likeness (QED) is 0.784. The number of fused-ring (bicyclic) bond motifs is 1. The molecule has 0 aliphatic heterocycles. The largest absolute Gasteiger partial charge is 0.454 e. The molecule has 4 nitrogen and oxygen atoms in total. The van der Waals surface area contributed by atoms with E-state index in [1.165, 1.54) is 0 Å². The van der Waals surface area contributed by atoms with E-state index in [0.717, 1.165) is 23.3 Å². The van der Waals surface area contributed by atoms with E-state index in [2.05, 4.69) is 15.5 Å². The van der Waals surface area contributed by atoms with Crippen molar-refractivity contribution in [2.75, 3.05) is 11.9 Å². The fourth-order valence-corrected chi connectivity index (χ4v) is 2.06. The van der Waals surface area contributed by atoms with Gasteiger partial charge in [0.1, 0.15) is 17.1 Å². The molecule has 2 aromatic heterocycles. The molecule has 1 aromatic carbocycles. The number of halogens is 1. The summed E-state index contributed by atoms with van der Waals surface area (Å²) in [4.78, 5) is 0. The first-order chi connectivity index (χ1) is 9.26. The zero-order valence-corrected chi connectivity index (χ0v) is 11.1. The Morgan fingerprint density at radius 3 is 2.79 bits per heavy atom. The maximum absolute atomic E-state index is 5.95. The number of aromatic nitrogens is 2. The summed E-state index contributed by atoms with van der Waals surface area (Å²) in [5, 5.41) is 13.0. The van der Waals surface area contributed by atoms with Crippen LogP contribution >= 0.6 is 11.6 Å². The smallest absolute Gasteiger partial charge is 0.155 e. The third-order valence-electron chi connectivity index (χ3n) is 2.75. The molecule has 1 N–H and O–H groups in total. The van der Waals surface area contributed by atoms with Crippen molar-refractivity contribution in [1.29, 1.82) is 0 Å². The maximum Gasteiger partial charge on any atom is 0.155 e. The van der Waals surface area contributed by atoms with Crippen LogP contribution in [0.15, 0.2) is 40.8 Å². The van der Waals surface area contributed by atoms with Crippen LogP contribution < -0.4 is 5.32 Å². The van der Waals surface area contributed by atoms with Gasteiger partial charge >= 0.3 is 0 Å². The molecule has 0 saturated heterocycles. The lowest BCUT2D eigenvalue weighted by Crippen LogP contribution is -2.00. The lowest BCUT2D eigenvalue weighted by Gasteiger charge is -2.00. The minimum atomic E-state index is 0.688. The van der Waals surface area contributed by atoms with Crippen LogP contribution in [0.25, 0.3) is 22.4 Å². The van der Waals surface area contributed by atoms with Crippen molar-refractivity contribution in [1.82, 2.24) is 10.2 Å². The maximum atomic E-state index is 5.95. The SMILES string of the molecule is CCNc1ccc(-c2cc3cc(Cl)ccc3o2)nn1. The zero-order valence-electron chi connectivity index (χ0n) is 10.4. The number of benzene rings is 1. The van der Waals surface area contributed by atoms with Gasteiger partial charge in [0.05, 0.1) is 0 Å². The highest BCUT2D eigenvalue weighted by Gasteiger charge is 2.08. The van der Waals surface area contributed by atoms with Gasteiger partial charge in [-0.3, -0.25) is 0 Å². The van der Waals surface area contributed by atoms with Crippen LogP contribution in [0.2, 0.25) is 5.02 Å². The number of nitrogens with one attached hydrogen (secondary N) is 1. The molecule has 3 rings (SSSR count). The molecule has 0 atom stereocenters. The highest BCUT2D eigenvalue weighted by Crippen LogP contribution is 2.28. The van der Waals surface area contributed by atoms with Crippen molar-refractivity contribution in [2.45, 2.75) is 6.92 Å². The fourth-order valence-electron chi connectivity index (χ4n) is 1.88. The Morgan fingerprint density at radius 2 is 2.05 bits per heavy atom. The predicted molar refractivity (Wildman–Crippen MR) is 76.4 cm³/mol. The minimum Gasteiger partial charge on any atom is -0.454 e. The Bertz CT molecular complexity index is 706. The fraction of sp³-hybridized carbons (Fsp3) is 0.143. The molecule has 0 aliphatic rings. The van der Waals surface area contributed by atoms with Crippen LogP contribution in [0.4, 0.5) is 5.82 Å². The van der Waals surface area contributed by atoms with Crippen LogP contribution in [0.3, 0.4) is 0 Å². The summed E-state index contributed by atoms with van der Waals surface area (Å²) < 4.78 is 5.73. The summed E-state index contributed by atoms with van der Waals surface area (Å²) in [6.07, 6.45) is 0. The molecule has 3 aromatic rings. The molecule has 0 unspecified atom stereocenters. The molecule has 0 spiro atoms. The second-order valence-electron chi connectivity index (χ2n) is 4.13. The van der Waals surface area contributed by atoms with Gasteiger partial charge in [-0.2, -0.15) is 0 Å². The van der Waals surface area contributed by atoms with E-state index in [1.807, 2.05) is 37.3 Å². The Hall–Kier alpha value is -2.07. The van der Waals surface area contributed by atoms with E-state index < -0.39 is 0 Å². The summed E-state index contributed by atoms with van der Waals surface area (Å²) in [6.45, 7) is 2.83. The van der Waals surface area contributed by atoms with Crippen molar-refractivity contribution in [3.05, 3.63) is 41.4 Å². The Kier molecular flexibility index (Phi) is 3.09. The lowest BCUT2D eigenvalue weighted by molar-refractivity contribution is 0.627. The molecule has 0 amide bonds. The number of anilines is 1. The van der Waals surface area contributed by atoms with Gasteiger partial charge in [0, 0.05) is 17.0 Å². The molecule has 0 radical (unpaired) electrons. The monoisotopic (exact) mass is 273 g/mol. The first kappa shape index (κ1) is 12.0. The van der Waals surface area contributed by atoms with E-state index in [0.29, 0.717) is 16.5 Å². The summed E-state index contributed by atoms with van der Waals surface area (Å²) in [5.41, 5.74) is 1.49. The van der Waals surface area contributed by atoms with Gasteiger partial charge < -0.3 is 9.73 Å². The predicted octanol–water partition coefficient (Wildman–Crippen LogP) is 3.98. The minimum absolute atomic E-state index is 0.688. The van der Waals surface area contributed by atoms with Gasteiger partial charge in [-0.1, -0.05) is 11.6 Å². The first-order valence-corrected chi connectivity index (χ1v) is 6.41. The average Bonchev–Trinajstić information content (AvgIpc) is 2.83. The molecular formula is C14H12ClN3O. The van der Waals surface area contributed by atoms with Crippen LogP contribution in [0.5, 0.6) is 0 Å². The van der Waals surface area contributed by atoms with Gasteiger partial charge in [-0.25, -0.2) is 0 Å². The van der Waals surface area contributed by atoms with Crippen molar-refractivity contribution >= 4 is 28.4 Å². The molecule has 0 bridgehead atoms. The van der Waals surface area contributed by atoms with Crippen molar-refractivity contribution in [3.63, 3.8) is 0 Å². The van der Waals surface area contributed by atoms with Gasteiger partial charge in [0.25, 0.3) is 0 Å². The normalized spacial score (nSPS) is 10.8. The van der Waals surface area contributed by atoms with E-state index in [9.17, 15) is 0 Å². The molecule has 96 valence electrons. The van der Waals surface area contributed by atoms with E-state index >= 15 is 0 Å². The summed E-state index contributed by atoms with van der Waals surface area (Å²) in [5.74, 6) is 1.44. The van der Waals surface area contributed by atoms with Gasteiger partial charge in [0.2, 0.25) is 0 Å². The van der Waals surface area contributed by atoms with Gasteiger partial charge in [-0.15, -0.1) is 10.2 Å². The molecule has 0 fully saturated rings. The Morgan fingerprint density at radius 1 is 1.16 bits per heavy atom. The summed E-state index contributed by atoms with van der Waals surface area (Å²) >= 11 is 5.95. The Labute approximate surface area is 115 Å². The van der Waals surface area contributed by atoms with Crippen LogP contribution in [0.1, 0.15) is 6.92 Å². The number of rotatable bonds is 3. The average molecular weight is 274 g/mol. The Balaban J connectivity index is 1.99. The second kappa shape index (κ2) is 4.90. The van der Waals surface area contributed by atoms with Crippen molar-refractivity contribution in [3.8, 4) is 11.5 Å². The molecule has 19 heavy (non-hydrogen) atoms. The van der Waals surface area contributed by atoms with Crippen LogP contribution in [0, 0.1) is 0 Å². The lowest BCUT2D eigenvalue weighted by atomic mass is 10.2. The summed E-state index contributed by atoms with van der Waals surface area (Å²) in [6, 6.07) is 11.2. The topological polar surface area (TPSA) is 51.0 Å². The standard InChI is InChI=1S/C14H12ClN3O/c1-2-16-14-6-4-11(17-18-14)13-8-9-7-10(15)3-5-12(9)19-13/h3-8H,2H2,1H3,(H,16,18). The van der Waals surface area contributed by atoms with E-state index in [1.54, 1.807) is 6.07 Å². The molecule has 5 heteroatoms. The highest BCUT2D eigenvalue weighted by atomic mass is 35.5. The third kappa shape index (κ3) is 2.39. The molecule has 0 saturated carbocycles. The van der Waals surface area contributed by atoms with Gasteiger partial charge in [0.15, 0.2) is 5.76 Å². The van der Waals surface area contributed by atoms with Crippen molar-refractivity contribution in [2.24, 2.45) is 0 Å². The number of nitrogens with zero attached hydrogens (tertiary/aromatic N) is 2. The van der Waals surface area contributed by atoms with Crippen LogP contribution in [-0.2, 0) is 0 Å². The van der Waals surface area contributed by atoms with Crippen molar-refractivity contribution < 1.29 is 4.42 Å². The second-order valence-corrected chi connectivity index (χ2v) is 4.56. The number of furan rings is 1. The number of hydrogen-bond acceptors (Lipinski definition) is 4. The van der Waals surface area contributed by atoms with Crippen LogP contribution in [-0.4, -0.2) is 16.7 Å². The summed E-state index contributed by atoms with van der Waals surface area (Å²) in [7, 11) is 0. The van der Waals surface area contributed by atoms with Gasteiger partial charge in [-0.05, 0) is 43.3 Å². The highest BCUT2D eigenvalue weighted by molar-refractivity contribution is 6.31. The molecule has 0 aliphatic carbocycles. The van der Waals surface area contributed by atoms with E-state index in [-0.39, 0.29) is 0 Å². The third-order valence-corrected chi connectivity index (χ3v) is 2.99. The molecular weight excluding hydrogens is 262 g/mol. The van der Waals surface area contributed by atoms with E-state index in [4.69, 9.17) is 16.0 Å². The number of hydrogen-bond donors (Lipinski definition) is 1. The molecule has 2 heterocycles.